The van der Waals surface area contributed by atoms with Crippen LogP contribution in [-0.4, -0.2) is 52.7 Å². The van der Waals surface area contributed by atoms with E-state index in [1.54, 1.807) is 4.90 Å². The molecule has 0 saturated carbocycles. The van der Waals surface area contributed by atoms with Crippen molar-refractivity contribution in [2.75, 3.05) is 13.1 Å². The molecule has 0 bridgehead atoms. The molecule has 1 aromatic rings. The van der Waals surface area contributed by atoms with Gasteiger partial charge in [-0.15, -0.1) is 0 Å². The monoisotopic (exact) mass is 356 g/mol. The molecule has 3 heterocycles. The van der Waals surface area contributed by atoms with Crippen molar-refractivity contribution in [1.29, 1.82) is 0 Å². The fourth-order valence-electron chi connectivity index (χ4n) is 4.39. The van der Waals surface area contributed by atoms with Gasteiger partial charge in [0.2, 0.25) is 11.8 Å². The zero-order chi connectivity index (χ0) is 18.3. The van der Waals surface area contributed by atoms with E-state index in [0.717, 1.165) is 37.1 Å². The largest absolute Gasteiger partial charge is 0.329 e. The van der Waals surface area contributed by atoms with Gasteiger partial charge in [-0.25, -0.2) is 0 Å². The van der Waals surface area contributed by atoms with Gasteiger partial charge < -0.3 is 10.6 Å². The molecule has 0 radical (unpaired) electrons. The highest BCUT2D eigenvalue weighted by atomic mass is 16.2. The Kier molecular flexibility index (Phi) is 4.50. The molecule has 3 amide bonds. The van der Waals surface area contributed by atoms with Crippen molar-refractivity contribution in [3.8, 4) is 0 Å². The number of hydrogen-bond donors (Lipinski definition) is 2. The molecular formula is C19H24N4O3. The van der Waals surface area contributed by atoms with E-state index in [1.165, 1.54) is 0 Å². The maximum atomic E-state index is 12.9. The van der Waals surface area contributed by atoms with Crippen LogP contribution < -0.4 is 11.1 Å². The number of carbonyl (C=O) groups is 3. The van der Waals surface area contributed by atoms with Crippen molar-refractivity contribution in [1.82, 2.24) is 15.1 Å². The highest BCUT2D eigenvalue weighted by Crippen LogP contribution is 2.31. The summed E-state index contributed by atoms with van der Waals surface area (Å²) in [6.45, 7) is 2.88. The molecule has 7 nitrogen and oxygen atoms in total. The number of likely N-dealkylation sites (tertiary alicyclic amines) is 1. The quantitative estimate of drug-likeness (QED) is 0.760. The number of nitrogens with one attached hydrogen (secondary N) is 1. The second-order valence-electron chi connectivity index (χ2n) is 7.35. The van der Waals surface area contributed by atoms with Gasteiger partial charge in [-0.1, -0.05) is 12.1 Å². The van der Waals surface area contributed by atoms with Crippen molar-refractivity contribution in [2.45, 2.75) is 50.9 Å². The van der Waals surface area contributed by atoms with Gasteiger partial charge in [-0.3, -0.25) is 24.6 Å². The van der Waals surface area contributed by atoms with Crippen molar-refractivity contribution in [3.63, 3.8) is 0 Å². The van der Waals surface area contributed by atoms with E-state index in [2.05, 4.69) is 16.3 Å². The Bertz CT molecular complexity index is 763. The molecule has 3 aliphatic rings. The molecule has 0 spiro atoms. The molecule has 7 heteroatoms. The van der Waals surface area contributed by atoms with Crippen LogP contribution >= 0.6 is 0 Å². The molecule has 0 aliphatic carbocycles. The molecule has 2 fully saturated rings. The molecule has 1 unspecified atom stereocenters. The number of imide groups is 1. The average molecular weight is 356 g/mol. The Balaban J connectivity index is 1.56. The van der Waals surface area contributed by atoms with Crippen LogP contribution in [0.2, 0.25) is 0 Å². The summed E-state index contributed by atoms with van der Waals surface area (Å²) in [6, 6.07) is 5.63. The number of amides is 3. The lowest BCUT2D eigenvalue weighted by Gasteiger charge is -2.29. The summed E-state index contributed by atoms with van der Waals surface area (Å²) < 4.78 is 0. The molecule has 2 atom stereocenters. The Hall–Kier alpha value is -2.25. The molecule has 26 heavy (non-hydrogen) atoms. The van der Waals surface area contributed by atoms with Gasteiger partial charge in [0.25, 0.3) is 5.91 Å². The summed E-state index contributed by atoms with van der Waals surface area (Å²) in [5, 5.41) is 2.35. The third-order valence-corrected chi connectivity index (χ3v) is 5.82. The van der Waals surface area contributed by atoms with Crippen LogP contribution in [0.3, 0.4) is 0 Å². The van der Waals surface area contributed by atoms with Crippen LogP contribution in [0, 0.1) is 0 Å². The summed E-state index contributed by atoms with van der Waals surface area (Å²) in [4.78, 5) is 40.4. The van der Waals surface area contributed by atoms with Crippen molar-refractivity contribution < 1.29 is 14.4 Å². The SMILES string of the molecule is NC[C@@H]1CCCN1Cc1cccc2c1CN(C1CCC(=O)NC1=O)C2=O. The van der Waals surface area contributed by atoms with Crippen LogP contribution in [0.25, 0.3) is 0 Å². The van der Waals surface area contributed by atoms with Gasteiger partial charge >= 0.3 is 0 Å². The van der Waals surface area contributed by atoms with Gasteiger partial charge in [-0.2, -0.15) is 0 Å². The van der Waals surface area contributed by atoms with Crippen LogP contribution in [0.1, 0.15) is 47.2 Å². The lowest BCUT2D eigenvalue weighted by molar-refractivity contribution is -0.136. The Morgan fingerprint density at radius 1 is 1.19 bits per heavy atom. The molecule has 3 aliphatic heterocycles. The van der Waals surface area contributed by atoms with Gasteiger partial charge in [0.1, 0.15) is 6.04 Å². The van der Waals surface area contributed by atoms with E-state index in [-0.39, 0.29) is 24.1 Å². The minimum absolute atomic E-state index is 0.117. The summed E-state index contributed by atoms with van der Waals surface area (Å²) in [7, 11) is 0. The van der Waals surface area contributed by atoms with Gasteiger partial charge in [0, 0.05) is 37.7 Å². The van der Waals surface area contributed by atoms with Gasteiger partial charge in [0.15, 0.2) is 0 Å². The number of nitrogens with zero attached hydrogens (tertiary/aromatic N) is 2. The van der Waals surface area contributed by atoms with E-state index in [1.807, 2.05) is 12.1 Å². The van der Waals surface area contributed by atoms with E-state index < -0.39 is 6.04 Å². The zero-order valence-electron chi connectivity index (χ0n) is 14.7. The van der Waals surface area contributed by atoms with Gasteiger partial charge in [0.05, 0.1) is 0 Å². The maximum Gasteiger partial charge on any atom is 0.255 e. The van der Waals surface area contributed by atoms with Crippen molar-refractivity contribution >= 4 is 17.7 Å². The van der Waals surface area contributed by atoms with Crippen LogP contribution in [0.5, 0.6) is 0 Å². The summed E-state index contributed by atoms with van der Waals surface area (Å²) >= 11 is 0. The standard InChI is InChI=1S/C19H24N4O3/c20-9-13-4-2-8-22(13)10-12-3-1-5-14-15(12)11-23(19(14)26)16-6-7-17(24)21-18(16)25/h1,3,5,13,16H,2,4,6-11,20H2,(H,21,24,25)/t13-,16?/m0/s1. The first kappa shape index (κ1) is 17.2. The second kappa shape index (κ2) is 6.81. The first-order chi connectivity index (χ1) is 12.6. The van der Waals surface area contributed by atoms with E-state index in [4.69, 9.17) is 5.73 Å². The van der Waals surface area contributed by atoms with Gasteiger partial charge in [-0.05, 0) is 43.0 Å². The maximum absolute atomic E-state index is 12.9. The number of hydrogen-bond acceptors (Lipinski definition) is 5. The molecular weight excluding hydrogens is 332 g/mol. The van der Waals surface area contributed by atoms with Crippen LogP contribution in [-0.2, 0) is 22.7 Å². The highest BCUT2D eigenvalue weighted by Gasteiger charge is 2.40. The van der Waals surface area contributed by atoms with E-state index >= 15 is 0 Å². The molecule has 0 aromatic heterocycles. The van der Waals surface area contributed by atoms with E-state index in [0.29, 0.717) is 31.1 Å². The first-order valence-corrected chi connectivity index (χ1v) is 9.28. The number of rotatable bonds is 4. The minimum Gasteiger partial charge on any atom is -0.329 e. The first-order valence-electron chi connectivity index (χ1n) is 9.28. The lowest BCUT2D eigenvalue weighted by atomic mass is 10.0. The fourth-order valence-corrected chi connectivity index (χ4v) is 4.39. The highest BCUT2D eigenvalue weighted by molar-refractivity contribution is 6.05. The number of nitrogens with two attached hydrogens (primary N) is 1. The molecule has 4 rings (SSSR count). The number of benzene rings is 1. The Morgan fingerprint density at radius 2 is 2.04 bits per heavy atom. The predicted octanol–water partition coefficient (Wildman–Crippen LogP) is 0.371. The lowest BCUT2D eigenvalue weighted by Crippen LogP contribution is -2.52. The van der Waals surface area contributed by atoms with Crippen molar-refractivity contribution in [2.24, 2.45) is 5.73 Å². The molecule has 2 saturated heterocycles. The van der Waals surface area contributed by atoms with Crippen LogP contribution in [0.4, 0.5) is 0 Å². The average Bonchev–Trinajstić information content (AvgIpc) is 3.20. The molecule has 3 N–H and O–H groups in total. The fraction of sp³-hybridized carbons (Fsp3) is 0.526. The second-order valence-corrected chi connectivity index (χ2v) is 7.35. The smallest absolute Gasteiger partial charge is 0.255 e. The summed E-state index contributed by atoms with van der Waals surface area (Å²) in [5.74, 6) is -0.752. The summed E-state index contributed by atoms with van der Waals surface area (Å²) in [6.07, 6.45) is 2.93. The Morgan fingerprint density at radius 3 is 2.81 bits per heavy atom. The topological polar surface area (TPSA) is 95.7 Å². The van der Waals surface area contributed by atoms with Crippen molar-refractivity contribution in [3.05, 3.63) is 34.9 Å². The Labute approximate surface area is 152 Å². The zero-order valence-corrected chi connectivity index (χ0v) is 14.7. The third kappa shape index (κ3) is 2.91. The molecule has 1 aromatic carbocycles. The number of fused-ring (bicyclic) bond motifs is 1. The predicted molar refractivity (Wildman–Crippen MR) is 95.0 cm³/mol. The normalized spacial score (nSPS) is 26.3. The summed E-state index contributed by atoms with van der Waals surface area (Å²) in [5.41, 5.74) is 8.69. The number of piperidine rings is 1. The third-order valence-electron chi connectivity index (χ3n) is 5.82. The number of carbonyl (C=O) groups excluding carboxylic acids is 3. The minimum atomic E-state index is -0.566. The van der Waals surface area contributed by atoms with Crippen LogP contribution in [0.15, 0.2) is 18.2 Å². The van der Waals surface area contributed by atoms with E-state index in [9.17, 15) is 14.4 Å². The molecule has 138 valence electrons.